The molecular weight excluding hydrogens is 408 g/mol. The van der Waals surface area contributed by atoms with E-state index >= 15 is 0 Å². The third-order valence-corrected chi connectivity index (χ3v) is 3.22. The predicted molar refractivity (Wildman–Crippen MR) is 96.3 cm³/mol. The summed E-state index contributed by atoms with van der Waals surface area (Å²) in [5.41, 5.74) is 2.80. The Morgan fingerprint density at radius 3 is 2.22 bits per heavy atom. The van der Waals surface area contributed by atoms with Gasteiger partial charge in [-0.25, -0.2) is 0 Å². The zero-order valence-electron chi connectivity index (χ0n) is 13.6. The van der Waals surface area contributed by atoms with Gasteiger partial charge in [0.2, 0.25) is 0 Å². The molecule has 2 nitrogen and oxygen atoms in total. The fourth-order valence-corrected chi connectivity index (χ4v) is 2.10. The van der Waals surface area contributed by atoms with Gasteiger partial charge in [0, 0.05) is 11.8 Å². The monoisotopic (exact) mass is 427 g/mol. The number of nitrogens with zero attached hydrogens (tertiary/aromatic N) is 1. The van der Waals surface area contributed by atoms with Crippen molar-refractivity contribution in [1.29, 1.82) is 0 Å². The van der Waals surface area contributed by atoms with Gasteiger partial charge < -0.3 is 5.11 Å². The van der Waals surface area contributed by atoms with Crippen molar-refractivity contribution in [2.75, 3.05) is 0 Å². The van der Waals surface area contributed by atoms with E-state index < -0.39 is 20.8 Å². The van der Waals surface area contributed by atoms with E-state index in [9.17, 15) is 5.11 Å². The van der Waals surface area contributed by atoms with Crippen LogP contribution in [0, 0.1) is 0 Å². The van der Waals surface area contributed by atoms with E-state index in [0.717, 1.165) is 16.7 Å². The van der Waals surface area contributed by atoms with Crippen LogP contribution in [0.3, 0.4) is 0 Å². The van der Waals surface area contributed by atoms with Crippen LogP contribution in [0.25, 0.3) is 0 Å². The third kappa shape index (κ3) is 7.20. The predicted octanol–water partition coefficient (Wildman–Crippen LogP) is 5.69. The first kappa shape index (κ1) is 20.4. The number of aliphatic imine (C=N–C) groups is 1. The molecular formula is C18H21Cl2NOZr. The van der Waals surface area contributed by atoms with Gasteiger partial charge in [0.25, 0.3) is 0 Å². The Bertz CT molecular complexity index is 625. The van der Waals surface area contributed by atoms with Crippen molar-refractivity contribution < 1.29 is 26.0 Å². The van der Waals surface area contributed by atoms with Crippen LogP contribution in [0.5, 0.6) is 5.75 Å². The van der Waals surface area contributed by atoms with Gasteiger partial charge >= 0.3 is 37.9 Å². The van der Waals surface area contributed by atoms with E-state index in [-0.39, 0.29) is 5.41 Å². The summed E-state index contributed by atoms with van der Waals surface area (Å²) in [7, 11) is 9.87. The molecule has 0 atom stereocenters. The number of phenols is 1. The molecule has 0 radical (unpaired) electrons. The van der Waals surface area contributed by atoms with Crippen LogP contribution in [0.15, 0.2) is 53.5 Å². The van der Waals surface area contributed by atoms with E-state index in [2.05, 4.69) is 25.8 Å². The van der Waals surface area contributed by atoms with Gasteiger partial charge in [-0.1, -0.05) is 63.2 Å². The second-order valence-electron chi connectivity index (χ2n) is 6.02. The van der Waals surface area contributed by atoms with E-state index in [1.54, 1.807) is 6.21 Å². The van der Waals surface area contributed by atoms with Gasteiger partial charge in [-0.2, -0.15) is 0 Å². The Balaban J connectivity index is 0.000000816. The Morgan fingerprint density at radius 1 is 1.04 bits per heavy atom. The summed E-state index contributed by atoms with van der Waals surface area (Å²) in [6.45, 7) is 6.90. The Kier molecular flexibility index (Phi) is 9.13. The molecule has 0 aliphatic carbocycles. The Morgan fingerprint density at radius 2 is 1.65 bits per heavy atom. The second kappa shape index (κ2) is 10.3. The molecule has 0 aromatic heterocycles. The molecule has 2 aromatic carbocycles. The number of benzene rings is 2. The maximum absolute atomic E-state index is 10.3. The van der Waals surface area contributed by atoms with Gasteiger partial charge in [0.15, 0.2) is 0 Å². The molecule has 0 fully saturated rings. The van der Waals surface area contributed by atoms with E-state index in [1.807, 2.05) is 48.5 Å². The summed E-state index contributed by atoms with van der Waals surface area (Å²) >= 11 is -0.826. The zero-order valence-corrected chi connectivity index (χ0v) is 17.5. The van der Waals surface area contributed by atoms with Crippen LogP contribution in [-0.4, -0.2) is 11.3 Å². The summed E-state index contributed by atoms with van der Waals surface area (Å²) in [6.07, 6.45) is 1.75. The molecule has 1 N–H and O–H groups in total. The molecule has 0 bridgehead atoms. The van der Waals surface area contributed by atoms with E-state index in [1.165, 1.54) is 0 Å². The molecule has 5 heteroatoms. The van der Waals surface area contributed by atoms with Gasteiger partial charge in [0.1, 0.15) is 5.75 Å². The average Bonchev–Trinajstić information content (AvgIpc) is 2.50. The molecule has 122 valence electrons. The number of phenolic OH excluding ortho intramolecular Hbond substituents is 1. The number of halogens is 2. The number of hydrogen-bond donors (Lipinski definition) is 1. The average molecular weight is 430 g/mol. The van der Waals surface area contributed by atoms with Crippen LogP contribution >= 0.6 is 17.0 Å². The topological polar surface area (TPSA) is 32.6 Å². The molecule has 0 heterocycles. The Hall–Kier alpha value is -0.627. The molecule has 0 amide bonds. The van der Waals surface area contributed by atoms with E-state index in [4.69, 9.17) is 17.0 Å². The summed E-state index contributed by atoms with van der Waals surface area (Å²) < 4.78 is 0. The molecule has 2 rings (SSSR count). The van der Waals surface area contributed by atoms with Crippen LogP contribution in [0.4, 0.5) is 0 Å². The normalized spacial score (nSPS) is 11.0. The Labute approximate surface area is 157 Å². The first-order valence-corrected chi connectivity index (χ1v) is 13.6. The standard InChI is InChI=1S/C18H21NO.2ClH.Zr/c1-18(2,3)16-11-7-10-15(17(16)20)13-19-12-14-8-5-4-6-9-14;;;/h4-11,13,20H,12H2,1-3H3;2*1H;/q;;;+2/p-2. The minimum absolute atomic E-state index is 0.0760. The molecule has 2 aromatic rings. The molecule has 0 aliphatic rings. The van der Waals surface area contributed by atoms with Crippen molar-refractivity contribution in [3.63, 3.8) is 0 Å². The van der Waals surface area contributed by atoms with Crippen LogP contribution < -0.4 is 0 Å². The van der Waals surface area contributed by atoms with Gasteiger partial charge in [-0.3, -0.25) is 4.99 Å². The number of hydrogen-bond acceptors (Lipinski definition) is 2. The SMILES string of the molecule is CC(C)(C)c1cccc(C=NCc2ccccc2)c1O.[Cl][Zr][Cl]. The fraction of sp³-hybridized carbons (Fsp3) is 0.278. The molecule has 0 aliphatic heterocycles. The summed E-state index contributed by atoms with van der Waals surface area (Å²) in [6, 6.07) is 15.9. The maximum atomic E-state index is 10.3. The summed E-state index contributed by atoms with van der Waals surface area (Å²) in [5.74, 6) is 0.330. The van der Waals surface area contributed by atoms with Crippen molar-refractivity contribution in [1.82, 2.24) is 0 Å². The summed E-state index contributed by atoms with van der Waals surface area (Å²) in [5, 5.41) is 10.3. The fourth-order valence-electron chi connectivity index (χ4n) is 2.10. The molecule has 23 heavy (non-hydrogen) atoms. The second-order valence-corrected chi connectivity index (χ2v) is 9.75. The van der Waals surface area contributed by atoms with Crippen molar-refractivity contribution in [2.24, 2.45) is 4.99 Å². The van der Waals surface area contributed by atoms with Crippen molar-refractivity contribution >= 4 is 23.2 Å². The van der Waals surface area contributed by atoms with Gasteiger partial charge in [-0.05, 0) is 22.6 Å². The van der Waals surface area contributed by atoms with Crippen molar-refractivity contribution in [3.8, 4) is 5.75 Å². The summed E-state index contributed by atoms with van der Waals surface area (Å²) in [4.78, 5) is 4.41. The van der Waals surface area contributed by atoms with E-state index in [0.29, 0.717) is 12.3 Å². The van der Waals surface area contributed by atoms with Crippen molar-refractivity contribution in [3.05, 3.63) is 65.2 Å². The minimum atomic E-state index is -0.826. The molecule has 0 saturated carbocycles. The van der Waals surface area contributed by atoms with Crippen LogP contribution in [-0.2, 0) is 32.8 Å². The third-order valence-electron chi connectivity index (χ3n) is 3.22. The van der Waals surface area contributed by atoms with Gasteiger partial charge in [-0.15, -0.1) is 0 Å². The van der Waals surface area contributed by atoms with Crippen LogP contribution in [0.2, 0.25) is 0 Å². The quantitative estimate of drug-likeness (QED) is 0.625. The molecule has 0 unspecified atom stereocenters. The molecule has 0 saturated heterocycles. The van der Waals surface area contributed by atoms with Gasteiger partial charge in [0.05, 0.1) is 6.54 Å². The molecule has 0 spiro atoms. The zero-order chi connectivity index (χ0) is 17.3. The van der Waals surface area contributed by atoms with Crippen LogP contribution in [0.1, 0.15) is 37.5 Å². The first-order chi connectivity index (χ1) is 10.9. The first-order valence-electron chi connectivity index (χ1n) is 7.22. The number of para-hydroxylation sites is 1. The number of rotatable bonds is 3. The number of aromatic hydroxyl groups is 1. The van der Waals surface area contributed by atoms with Crippen molar-refractivity contribution in [2.45, 2.75) is 32.7 Å².